The van der Waals surface area contributed by atoms with E-state index < -0.39 is 0 Å². The minimum atomic E-state index is 0.953. The predicted molar refractivity (Wildman–Crippen MR) is 56.3 cm³/mol. The molecule has 0 aromatic heterocycles. The standard InChI is InChI=1S/C10H16.C2H6/c1-3-9(2)8-10-6-4-5-7-10;1-2/h10H,1,4-8H2,2H3;1-2H3. The van der Waals surface area contributed by atoms with Crippen molar-refractivity contribution in [2.24, 2.45) is 5.92 Å². The SMILES string of the molecule is C=C=C(C)CC1CCCC1.CC. The van der Waals surface area contributed by atoms with Crippen LogP contribution in [0, 0.1) is 5.92 Å². The van der Waals surface area contributed by atoms with Gasteiger partial charge in [0, 0.05) is 0 Å². The summed E-state index contributed by atoms with van der Waals surface area (Å²) in [6.45, 7) is 9.77. The molecule has 0 atom stereocenters. The summed E-state index contributed by atoms with van der Waals surface area (Å²) in [6, 6.07) is 0. The summed E-state index contributed by atoms with van der Waals surface area (Å²) >= 11 is 0. The first-order valence-electron chi connectivity index (χ1n) is 5.18. The molecule has 1 aliphatic carbocycles. The van der Waals surface area contributed by atoms with Gasteiger partial charge in [0.2, 0.25) is 0 Å². The first kappa shape index (κ1) is 11.5. The highest BCUT2D eigenvalue weighted by Gasteiger charge is 2.14. The van der Waals surface area contributed by atoms with E-state index in [2.05, 4.69) is 19.2 Å². The number of hydrogen-bond donors (Lipinski definition) is 0. The summed E-state index contributed by atoms with van der Waals surface area (Å²) in [6.07, 6.45) is 6.98. The van der Waals surface area contributed by atoms with Gasteiger partial charge in [-0.15, -0.1) is 5.73 Å². The Labute approximate surface area is 77.4 Å². The lowest BCUT2D eigenvalue weighted by atomic mass is 10.00. The quantitative estimate of drug-likeness (QED) is 0.536. The predicted octanol–water partition coefficient (Wildman–Crippen LogP) is 4.32. The van der Waals surface area contributed by atoms with Crippen LogP contribution in [0.1, 0.15) is 52.9 Å². The molecule has 12 heavy (non-hydrogen) atoms. The lowest BCUT2D eigenvalue weighted by Crippen LogP contribution is -1.92. The molecular formula is C12H22. The van der Waals surface area contributed by atoms with Gasteiger partial charge in [0.25, 0.3) is 0 Å². The molecule has 0 aliphatic heterocycles. The van der Waals surface area contributed by atoms with E-state index in [1.54, 1.807) is 0 Å². The third-order valence-electron chi connectivity index (χ3n) is 2.37. The summed E-state index contributed by atoms with van der Waals surface area (Å²) in [7, 11) is 0. The molecule has 0 heteroatoms. The Morgan fingerprint density at radius 2 is 1.83 bits per heavy atom. The van der Waals surface area contributed by atoms with Gasteiger partial charge in [-0.05, 0) is 24.8 Å². The fourth-order valence-electron chi connectivity index (χ4n) is 1.72. The minimum absolute atomic E-state index is 0.953. The largest absolute Gasteiger partial charge is 0.130 e. The van der Waals surface area contributed by atoms with E-state index in [0.29, 0.717) is 0 Å². The second kappa shape index (κ2) is 7.18. The van der Waals surface area contributed by atoms with E-state index in [1.165, 1.54) is 37.7 Å². The Morgan fingerprint density at radius 1 is 1.33 bits per heavy atom. The minimum Gasteiger partial charge on any atom is -0.130 e. The fourth-order valence-corrected chi connectivity index (χ4v) is 1.72. The first-order valence-corrected chi connectivity index (χ1v) is 5.18. The van der Waals surface area contributed by atoms with Crippen LogP contribution in [0.3, 0.4) is 0 Å². The average molecular weight is 166 g/mol. The molecule has 1 fully saturated rings. The monoisotopic (exact) mass is 166 g/mol. The zero-order chi connectivity index (χ0) is 9.40. The van der Waals surface area contributed by atoms with Gasteiger partial charge >= 0.3 is 0 Å². The van der Waals surface area contributed by atoms with Gasteiger partial charge in [0.05, 0.1) is 0 Å². The molecule has 0 spiro atoms. The van der Waals surface area contributed by atoms with Crippen LogP contribution in [0.15, 0.2) is 17.9 Å². The Balaban J connectivity index is 0.000000561. The maximum absolute atomic E-state index is 3.64. The van der Waals surface area contributed by atoms with Crippen molar-refractivity contribution in [3.63, 3.8) is 0 Å². The van der Waals surface area contributed by atoms with Crippen LogP contribution in [0.4, 0.5) is 0 Å². The maximum atomic E-state index is 3.64. The van der Waals surface area contributed by atoms with Crippen LogP contribution in [-0.4, -0.2) is 0 Å². The van der Waals surface area contributed by atoms with Crippen molar-refractivity contribution < 1.29 is 0 Å². The fraction of sp³-hybridized carbons (Fsp3) is 0.750. The van der Waals surface area contributed by atoms with E-state index in [4.69, 9.17) is 0 Å². The van der Waals surface area contributed by atoms with E-state index in [-0.39, 0.29) is 0 Å². The van der Waals surface area contributed by atoms with Gasteiger partial charge in [0.1, 0.15) is 0 Å². The van der Waals surface area contributed by atoms with Gasteiger partial charge in [-0.1, -0.05) is 46.1 Å². The Kier molecular flexibility index (Phi) is 6.90. The molecule has 1 aliphatic rings. The number of hydrogen-bond acceptors (Lipinski definition) is 0. The number of rotatable bonds is 2. The van der Waals surface area contributed by atoms with E-state index in [0.717, 1.165) is 5.92 Å². The summed E-state index contributed by atoms with van der Waals surface area (Å²) in [4.78, 5) is 0. The first-order chi connectivity index (χ1) is 5.83. The summed E-state index contributed by atoms with van der Waals surface area (Å²) in [5.74, 6) is 0.953. The Hall–Kier alpha value is -0.480. The molecule has 0 radical (unpaired) electrons. The lowest BCUT2D eigenvalue weighted by molar-refractivity contribution is 0.544. The average Bonchev–Trinajstić information content (AvgIpc) is 2.60. The molecule has 0 amide bonds. The van der Waals surface area contributed by atoms with Gasteiger partial charge in [-0.25, -0.2) is 0 Å². The van der Waals surface area contributed by atoms with Gasteiger partial charge in [0.15, 0.2) is 0 Å². The van der Waals surface area contributed by atoms with Crippen LogP contribution < -0.4 is 0 Å². The van der Waals surface area contributed by atoms with E-state index >= 15 is 0 Å². The van der Waals surface area contributed by atoms with Crippen molar-refractivity contribution in [2.45, 2.75) is 52.9 Å². The summed E-state index contributed by atoms with van der Waals surface area (Å²) < 4.78 is 0. The zero-order valence-electron chi connectivity index (χ0n) is 8.82. The van der Waals surface area contributed by atoms with Crippen LogP contribution in [0.25, 0.3) is 0 Å². The molecule has 1 rings (SSSR count). The Bertz CT molecular complexity index is 143. The lowest BCUT2D eigenvalue weighted by Gasteiger charge is -2.05. The van der Waals surface area contributed by atoms with Crippen molar-refractivity contribution in [1.29, 1.82) is 0 Å². The molecule has 0 nitrogen and oxygen atoms in total. The van der Waals surface area contributed by atoms with Gasteiger partial charge in [-0.2, -0.15) is 0 Å². The normalized spacial score (nSPS) is 16.2. The molecule has 0 aromatic rings. The zero-order valence-corrected chi connectivity index (χ0v) is 8.82. The maximum Gasteiger partial charge on any atom is -0.0218 e. The second-order valence-electron chi connectivity index (χ2n) is 3.31. The molecule has 0 saturated heterocycles. The topological polar surface area (TPSA) is 0 Å². The van der Waals surface area contributed by atoms with Crippen molar-refractivity contribution in [1.82, 2.24) is 0 Å². The van der Waals surface area contributed by atoms with Crippen LogP contribution in [0.5, 0.6) is 0 Å². The van der Waals surface area contributed by atoms with Crippen LogP contribution in [-0.2, 0) is 0 Å². The summed E-state index contributed by atoms with van der Waals surface area (Å²) in [5, 5.41) is 0. The van der Waals surface area contributed by atoms with Crippen molar-refractivity contribution in [2.75, 3.05) is 0 Å². The molecule has 0 unspecified atom stereocenters. The summed E-state index contributed by atoms with van der Waals surface area (Å²) in [5.41, 5.74) is 4.30. The highest BCUT2D eigenvalue weighted by molar-refractivity contribution is 4.96. The van der Waals surface area contributed by atoms with Crippen LogP contribution >= 0.6 is 0 Å². The third kappa shape index (κ3) is 4.41. The van der Waals surface area contributed by atoms with Crippen molar-refractivity contribution >= 4 is 0 Å². The molecule has 0 bridgehead atoms. The third-order valence-corrected chi connectivity index (χ3v) is 2.37. The highest BCUT2D eigenvalue weighted by atomic mass is 14.2. The van der Waals surface area contributed by atoms with Gasteiger partial charge in [-0.3, -0.25) is 0 Å². The van der Waals surface area contributed by atoms with E-state index in [1.807, 2.05) is 13.8 Å². The molecule has 0 heterocycles. The molecule has 0 N–H and O–H groups in total. The molecule has 1 saturated carbocycles. The smallest absolute Gasteiger partial charge is 0.0218 e. The molecule has 0 aromatic carbocycles. The number of allylic oxidation sites excluding steroid dienone is 1. The van der Waals surface area contributed by atoms with Crippen molar-refractivity contribution in [3.05, 3.63) is 17.9 Å². The Morgan fingerprint density at radius 3 is 2.25 bits per heavy atom. The van der Waals surface area contributed by atoms with E-state index in [9.17, 15) is 0 Å². The molecular weight excluding hydrogens is 144 g/mol. The second-order valence-corrected chi connectivity index (χ2v) is 3.31. The highest BCUT2D eigenvalue weighted by Crippen LogP contribution is 2.29. The van der Waals surface area contributed by atoms with Crippen LogP contribution in [0.2, 0.25) is 0 Å². The molecule has 70 valence electrons. The van der Waals surface area contributed by atoms with Crippen molar-refractivity contribution in [3.8, 4) is 0 Å². The van der Waals surface area contributed by atoms with Gasteiger partial charge < -0.3 is 0 Å².